The molecule has 0 unspecified atom stereocenters. The van der Waals surface area contributed by atoms with Crippen LogP contribution in [0.1, 0.15) is 26.7 Å². The summed E-state index contributed by atoms with van der Waals surface area (Å²) in [6, 6.07) is 7.91. The molecule has 0 aliphatic carbocycles. The van der Waals surface area contributed by atoms with Gasteiger partial charge in [-0.1, -0.05) is 13.8 Å². The van der Waals surface area contributed by atoms with Gasteiger partial charge in [-0.25, -0.2) is 0 Å². The second-order valence-corrected chi connectivity index (χ2v) is 4.28. The number of amides is 1. The highest BCUT2D eigenvalue weighted by molar-refractivity contribution is 5.95. The van der Waals surface area contributed by atoms with Gasteiger partial charge < -0.3 is 10.3 Å². The lowest BCUT2D eigenvalue weighted by Crippen LogP contribution is -2.21. The van der Waals surface area contributed by atoms with Crippen LogP contribution in [0.3, 0.4) is 0 Å². The summed E-state index contributed by atoms with van der Waals surface area (Å²) in [6.45, 7) is 4.09. The van der Waals surface area contributed by atoms with E-state index in [1.165, 1.54) is 0 Å². The molecule has 1 aromatic carbocycles. The molecule has 0 radical (unpaired) electrons. The van der Waals surface area contributed by atoms with E-state index in [0.29, 0.717) is 0 Å². The number of hydrogen-bond donors (Lipinski definition) is 2. The molecule has 2 N–H and O–H groups in total. The van der Waals surface area contributed by atoms with Crippen molar-refractivity contribution in [2.75, 3.05) is 5.32 Å². The monoisotopic (exact) mass is 230 g/mol. The van der Waals surface area contributed by atoms with E-state index in [2.05, 4.69) is 10.3 Å². The third-order valence-electron chi connectivity index (χ3n) is 3.18. The molecule has 2 rings (SSSR count). The zero-order valence-corrected chi connectivity index (χ0v) is 10.3. The van der Waals surface area contributed by atoms with Crippen molar-refractivity contribution in [3.05, 3.63) is 30.5 Å². The van der Waals surface area contributed by atoms with Crippen molar-refractivity contribution in [1.82, 2.24) is 4.98 Å². The first-order chi connectivity index (χ1) is 8.24. The molecular formula is C14H18N2O. The molecule has 0 spiro atoms. The molecule has 90 valence electrons. The number of benzene rings is 1. The maximum absolute atomic E-state index is 11.9. The van der Waals surface area contributed by atoms with E-state index in [1.807, 2.05) is 44.3 Å². The van der Waals surface area contributed by atoms with Crippen LogP contribution in [-0.2, 0) is 4.79 Å². The topological polar surface area (TPSA) is 44.9 Å². The predicted molar refractivity (Wildman–Crippen MR) is 71.0 cm³/mol. The Labute approximate surface area is 101 Å². The van der Waals surface area contributed by atoms with Gasteiger partial charge in [0.25, 0.3) is 0 Å². The number of carbonyl (C=O) groups excluding carboxylic acids is 1. The van der Waals surface area contributed by atoms with Crippen LogP contribution in [0.15, 0.2) is 30.5 Å². The fraction of sp³-hybridized carbons (Fsp3) is 0.357. The Morgan fingerprint density at radius 2 is 2.06 bits per heavy atom. The molecule has 1 aromatic heterocycles. The lowest BCUT2D eigenvalue weighted by atomic mass is 10.0. The third-order valence-corrected chi connectivity index (χ3v) is 3.18. The first-order valence-electron chi connectivity index (χ1n) is 6.12. The van der Waals surface area contributed by atoms with E-state index in [0.717, 1.165) is 29.4 Å². The predicted octanol–water partition coefficient (Wildman–Crippen LogP) is 3.54. The Bertz CT molecular complexity index is 512. The molecule has 3 heteroatoms. The van der Waals surface area contributed by atoms with Crippen LogP contribution in [0.4, 0.5) is 5.69 Å². The van der Waals surface area contributed by atoms with Crippen molar-refractivity contribution < 1.29 is 4.79 Å². The van der Waals surface area contributed by atoms with Gasteiger partial charge in [-0.15, -0.1) is 0 Å². The number of aromatic amines is 1. The fourth-order valence-corrected chi connectivity index (χ4v) is 2.03. The normalized spacial score (nSPS) is 11.0. The van der Waals surface area contributed by atoms with E-state index < -0.39 is 0 Å². The number of rotatable bonds is 4. The second-order valence-electron chi connectivity index (χ2n) is 4.28. The lowest BCUT2D eigenvalue weighted by Gasteiger charge is -2.12. The van der Waals surface area contributed by atoms with Gasteiger partial charge in [0.05, 0.1) is 0 Å². The first-order valence-corrected chi connectivity index (χ1v) is 6.12. The van der Waals surface area contributed by atoms with E-state index >= 15 is 0 Å². The van der Waals surface area contributed by atoms with E-state index in [-0.39, 0.29) is 11.8 Å². The molecule has 0 aliphatic rings. The van der Waals surface area contributed by atoms with Crippen molar-refractivity contribution in [2.45, 2.75) is 26.7 Å². The summed E-state index contributed by atoms with van der Waals surface area (Å²) < 4.78 is 0. The molecule has 1 heterocycles. The number of nitrogens with one attached hydrogen (secondary N) is 2. The average Bonchev–Trinajstić information content (AvgIpc) is 2.77. The second kappa shape index (κ2) is 5.04. The van der Waals surface area contributed by atoms with Gasteiger partial charge in [-0.2, -0.15) is 0 Å². The van der Waals surface area contributed by atoms with Crippen molar-refractivity contribution in [1.29, 1.82) is 0 Å². The maximum atomic E-state index is 11.9. The number of anilines is 1. The van der Waals surface area contributed by atoms with Crippen LogP contribution in [0.5, 0.6) is 0 Å². The highest BCUT2D eigenvalue weighted by atomic mass is 16.1. The van der Waals surface area contributed by atoms with Crippen molar-refractivity contribution in [3.8, 4) is 0 Å². The molecule has 0 saturated heterocycles. The minimum Gasteiger partial charge on any atom is -0.361 e. The highest BCUT2D eigenvalue weighted by Gasteiger charge is 2.13. The van der Waals surface area contributed by atoms with Crippen LogP contribution < -0.4 is 5.32 Å². The average molecular weight is 230 g/mol. The lowest BCUT2D eigenvalue weighted by molar-refractivity contribution is -0.120. The summed E-state index contributed by atoms with van der Waals surface area (Å²) in [5, 5.41) is 4.09. The van der Waals surface area contributed by atoms with Crippen molar-refractivity contribution in [3.63, 3.8) is 0 Å². The van der Waals surface area contributed by atoms with Crippen molar-refractivity contribution >= 4 is 22.5 Å². The molecular weight excluding hydrogens is 212 g/mol. The van der Waals surface area contributed by atoms with Crippen molar-refractivity contribution in [2.24, 2.45) is 5.92 Å². The summed E-state index contributed by atoms with van der Waals surface area (Å²) in [4.78, 5) is 15.1. The Morgan fingerprint density at radius 1 is 1.29 bits per heavy atom. The van der Waals surface area contributed by atoms with E-state index in [9.17, 15) is 4.79 Å². The fourth-order valence-electron chi connectivity index (χ4n) is 2.03. The molecule has 0 atom stereocenters. The summed E-state index contributed by atoms with van der Waals surface area (Å²) in [5.41, 5.74) is 1.96. The molecule has 0 aliphatic heterocycles. The molecule has 0 saturated carbocycles. The number of aromatic nitrogens is 1. The number of carbonyl (C=O) groups is 1. The van der Waals surface area contributed by atoms with Gasteiger partial charge in [-0.05, 0) is 37.1 Å². The van der Waals surface area contributed by atoms with Crippen LogP contribution in [-0.4, -0.2) is 10.9 Å². The number of fused-ring (bicyclic) bond motifs is 1. The van der Waals surface area contributed by atoms with Gasteiger partial charge in [0.1, 0.15) is 0 Å². The summed E-state index contributed by atoms with van der Waals surface area (Å²) in [6.07, 6.45) is 3.67. The molecule has 0 fully saturated rings. The summed E-state index contributed by atoms with van der Waals surface area (Å²) >= 11 is 0. The molecule has 17 heavy (non-hydrogen) atoms. The van der Waals surface area contributed by atoms with Crippen LogP contribution >= 0.6 is 0 Å². The Kier molecular flexibility index (Phi) is 3.47. The zero-order chi connectivity index (χ0) is 12.3. The third kappa shape index (κ3) is 2.49. The van der Waals surface area contributed by atoms with Gasteiger partial charge in [-0.3, -0.25) is 4.79 Å². The standard InChI is InChI=1S/C14H18N2O/c1-3-10(4-2)14(17)16-12-5-6-13-11(9-12)7-8-15-13/h5-10,15H,3-4H2,1-2H3,(H,16,17). The number of H-pyrrole nitrogens is 1. The molecule has 1 amide bonds. The van der Waals surface area contributed by atoms with Gasteiger partial charge in [0, 0.05) is 28.7 Å². The Balaban J connectivity index is 2.14. The molecule has 0 bridgehead atoms. The van der Waals surface area contributed by atoms with Gasteiger partial charge in [0.2, 0.25) is 5.91 Å². The minimum absolute atomic E-state index is 0.108. The largest absolute Gasteiger partial charge is 0.361 e. The van der Waals surface area contributed by atoms with E-state index in [4.69, 9.17) is 0 Å². The maximum Gasteiger partial charge on any atom is 0.227 e. The quantitative estimate of drug-likeness (QED) is 0.829. The molecule has 3 nitrogen and oxygen atoms in total. The Hall–Kier alpha value is -1.77. The van der Waals surface area contributed by atoms with Gasteiger partial charge in [0.15, 0.2) is 0 Å². The van der Waals surface area contributed by atoms with Gasteiger partial charge >= 0.3 is 0 Å². The highest BCUT2D eigenvalue weighted by Crippen LogP contribution is 2.19. The van der Waals surface area contributed by atoms with Crippen LogP contribution in [0.25, 0.3) is 10.9 Å². The Morgan fingerprint density at radius 3 is 2.76 bits per heavy atom. The smallest absolute Gasteiger partial charge is 0.227 e. The first kappa shape index (κ1) is 11.7. The molecule has 2 aromatic rings. The SMILES string of the molecule is CCC(CC)C(=O)Nc1ccc2[nH]ccc2c1. The summed E-state index contributed by atoms with van der Waals surface area (Å²) in [7, 11) is 0. The number of hydrogen-bond acceptors (Lipinski definition) is 1. The van der Waals surface area contributed by atoms with Crippen LogP contribution in [0, 0.1) is 5.92 Å². The van der Waals surface area contributed by atoms with Crippen LogP contribution in [0.2, 0.25) is 0 Å². The zero-order valence-electron chi connectivity index (χ0n) is 10.3. The minimum atomic E-state index is 0.108. The summed E-state index contributed by atoms with van der Waals surface area (Å²) in [5.74, 6) is 0.224. The van der Waals surface area contributed by atoms with E-state index in [1.54, 1.807) is 0 Å².